The Kier molecular flexibility index (Phi) is 2.84. The van der Waals surface area contributed by atoms with Crippen LogP contribution in [0.4, 0.5) is 15.8 Å². The lowest BCUT2D eigenvalue weighted by atomic mass is 10.2. The summed E-state index contributed by atoms with van der Waals surface area (Å²) in [5, 5.41) is 5.24. The lowest BCUT2D eigenvalue weighted by molar-refractivity contribution is -0.114. The number of carbonyl (C=O) groups excluding carboxylic acids is 1. The van der Waals surface area contributed by atoms with E-state index in [0.717, 1.165) is 5.69 Å². The van der Waals surface area contributed by atoms with Crippen LogP contribution in [0.15, 0.2) is 18.2 Å². The van der Waals surface area contributed by atoms with Gasteiger partial charge in [-0.15, -0.1) is 0 Å². The molecular formula is C9H11FN2O. The maximum atomic E-state index is 13.0. The SMILES string of the molecule is CNc1ccc(F)c(NC(C)=O)c1. The lowest BCUT2D eigenvalue weighted by Gasteiger charge is -2.06. The van der Waals surface area contributed by atoms with Crippen LogP contribution in [0.5, 0.6) is 0 Å². The molecule has 3 nitrogen and oxygen atoms in total. The summed E-state index contributed by atoms with van der Waals surface area (Å²) in [4.78, 5) is 10.7. The minimum atomic E-state index is -0.436. The van der Waals surface area contributed by atoms with Gasteiger partial charge < -0.3 is 10.6 Å². The van der Waals surface area contributed by atoms with Crippen LogP contribution < -0.4 is 10.6 Å². The first-order valence-electron chi connectivity index (χ1n) is 3.88. The highest BCUT2D eigenvalue weighted by molar-refractivity contribution is 5.89. The van der Waals surface area contributed by atoms with E-state index in [1.54, 1.807) is 13.1 Å². The van der Waals surface area contributed by atoms with Crippen molar-refractivity contribution < 1.29 is 9.18 Å². The molecular weight excluding hydrogens is 171 g/mol. The second-order valence-corrected chi connectivity index (χ2v) is 2.63. The van der Waals surface area contributed by atoms with E-state index in [1.165, 1.54) is 19.1 Å². The molecule has 0 saturated heterocycles. The zero-order valence-corrected chi connectivity index (χ0v) is 7.52. The van der Waals surface area contributed by atoms with Crippen molar-refractivity contribution in [1.29, 1.82) is 0 Å². The second-order valence-electron chi connectivity index (χ2n) is 2.63. The van der Waals surface area contributed by atoms with Crippen molar-refractivity contribution in [1.82, 2.24) is 0 Å². The van der Waals surface area contributed by atoms with Gasteiger partial charge in [-0.1, -0.05) is 0 Å². The van der Waals surface area contributed by atoms with Crippen molar-refractivity contribution in [2.45, 2.75) is 6.92 Å². The maximum Gasteiger partial charge on any atom is 0.221 e. The number of hydrogen-bond acceptors (Lipinski definition) is 2. The standard InChI is InChI=1S/C9H11FN2O/c1-6(13)12-9-5-7(11-2)3-4-8(9)10/h3-5,11H,1-2H3,(H,12,13). The summed E-state index contributed by atoms with van der Waals surface area (Å²) in [7, 11) is 1.73. The van der Waals surface area contributed by atoms with E-state index in [1.807, 2.05) is 0 Å². The quantitative estimate of drug-likeness (QED) is 0.732. The minimum absolute atomic E-state index is 0.194. The molecule has 4 heteroatoms. The van der Waals surface area contributed by atoms with E-state index in [4.69, 9.17) is 0 Å². The monoisotopic (exact) mass is 182 g/mol. The van der Waals surface area contributed by atoms with E-state index >= 15 is 0 Å². The third-order valence-corrected chi connectivity index (χ3v) is 1.57. The Hall–Kier alpha value is -1.58. The van der Waals surface area contributed by atoms with Crippen LogP contribution in [0.3, 0.4) is 0 Å². The number of carbonyl (C=O) groups is 1. The number of benzene rings is 1. The van der Waals surface area contributed by atoms with Crippen molar-refractivity contribution in [2.75, 3.05) is 17.7 Å². The molecule has 70 valence electrons. The summed E-state index contributed by atoms with van der Waals surface area (Å²) < 4.78 is 13.0. The fourth-order valence-corrected chi connectivity index (χ4v) is 0.966. The highest BCUT2D eigenvalue weighted by Crippen LogP contribution is 2.18. The molecule has 0 heterocycles. The van der Waals surface area contributed by atoms with Crippen LogP contribution in [0.25, 0.3) is 0 Å². The summed E-state index contributed by atoms with van der Waals surface area (Å²) >= 11 is 0. The summed E-state index contributed by atoms with van der Waals surface area (Å²) in [6, 6.07) is 4.44. The molecule has 1 amide bonds. The van der Waals surface area contributed by atoms with Crippen LogP contribution in [0.1, 0.15) is 6.92 Å². The van der Waals surface area contributed by atoms with Crippen LogP contribution >= 0.6 is 0 Å². The predicted octanol–water partition coefficient (Wildman–Crippen LogP) is 1.83. The third kappa shape index (κ3) is 2.43. The first kappa shape index (κ1) is 9.51. The van der Waals surface area contributed by atoms with Gasteiger partial charge in [-0.2, -0.15) is 0 Å². The number of hydrogen-bond donors (Lipinski definition) is 2. The van der Waals surface area contributed by atoms with Gasteiger partial charge in [0.1, 0.15) is 5.82 Å². The van der Waals surface area contributed by atoms with Gasteiger partial charge in [0.25, 0.3) is 0 Å². The van der Waals surface area contributed by atoms with Gasteiger partial charge >= 0.3 is 0 Å². The summed E-state index contributed by atoms with van der Waals surface area (Å²) in [5.41, 5.74) is 0.949. The summed E-state index contributed by atoms with van der Waals surface area (Å²) in [5.74, 6) is -0.721. The molecule has 0 saturated carbocycles. The Bertz CT molecular complexity index is 325. The smallest absolute Gasteiger partial charge is 0.221 e. The van der Waals surface area contributed by atoms with Gasteiger partial charge in [-0.05, 0) is 18.2 Å². The number of rotatable bonds is 2. The molecule has 1 rings (SSSR count). The van der Waals surface area contributed by atoms with Crippen LogP contribution in [-0.4, -0.2) is 13.0 Å². The van der Waals surface area contributed by atoms with Crippen molar-refractivity contribution in [2.24, 2.45) is 0 Å². The average molecular weight is 182 g/mol. The normalized spacial score (nSPS) is 9.46. The average Bonchev–Trinajstić information content (AvgIpc) is 2.08. The topological polar surface area (TPSA) is 41.1 Å². The number of halogens is 1. The maximum absolute atomic E-state index is 13.0. The molecule has 0 radical (unpaired) electrons. The van der Waals surface area contributed by atoms with Gasteiger partial charge in [-0.3, -0.25) is 4.79 Å². The number of nitrogens with one attached hydrogen (secondary N) is 2. The Morgan fingerprint density at radius 2 is 2.15 bits per heavy atom. The minimum Gasteiger partial charge on any atom is -0.388 e. The van der Waals surface area contributed by atoms with E-state index in [-0.39, 0.29) is 11.6 Å². The van der Waals surface area contributed by atoms with Gasteiger partial charge in [0, 0.05) is 19.7 Å². The van der Waals surface area contributed by atoms with Gasteiger partial charge in [-0.25, -0.2) is 4.39 Å². The Labute approximate surface area is 76.0 Å². The van der Waals surface area contributed by atoms with Crippen LogP contribution in [-0.2, 0) is 4.79 Å². The van der Waals surface area contributed by atoms with E-state index in [9.17, 15) is 9.18 Å². The molecule has 0 spiro atoms. The summed E-state index contributed by atoms with van der Waals surface area (Å²) in [6.45, 7) is 1.34. The molecule has 0 aliphatic carbocycles. The Morgan fingerprint density at radius 1 is 1.46 bits per heavy atom. The molecule has 13 heavy (non-hydrogen) atoms. The van der Waals surface area contributed by atoms with Crippen molar-refractivity contribution in [3.05, 3.63) is 24.0 Å². The largest absolute Gasteiger partial charge is 0.388 e. The molecule has 2 N–H and O–H groups in total. The van der Waals surface area contributed by atoms with Crippen molar-refractivity contribution in [3.8, 4) is 0 Å². The van der Waals surface area contributed by atoms with E-state index in [0.29, 0.717) is 0 Å². The molecule has 0 aliphatic heterocycles. The highest BCUT2D eigenvalue weighted by Gasteiger charge is 2.03. The highest BCUT2D eigenvalue weighted by atomic mass is 19.1. The van der Waals surface area contributed by atoms with Gasteiger partial charge in [0.05, 0.1) is 5.69 Å². The molecule has 0 bridgehead atoms. The lowest BCUT2D eigenvalue weighted by Crippen LogP contribution is -2.07. The Morgan fingerprint density at radius 3 is 2.69 bits per heavy atom. The van der Waals surface area contributed by atoms with Gasteiger partial charge in [0.2, 0.25) is 5.91 Å². The van der Waals surface area contributed by atoms with E-state index in [2.05, 4.69) is 10.6 Å². The third-order valence-electron chi connectivity index (χ3n) is 1.57. The zero-order valence-electron chi connectivity index (χ0n) is 7.52. The summed E-state index contributed by atoms with van der Waals surface area (Å²) in [6.07, 6.45) is 0. The van der Waals surface area contributed by atoms with Gasteiger partial charge in [0.15, 0.2) is 0 Å². The van der Waals surface area contributed by atoms with Crippen molar-refractivity contribution >= 4 is 17.3 Å². The fraction of sp³-hybridized carbons (Fsp3) is 0.222. The molecule has 0 aromatic heterocycles. The Balaban J connectivity index is 2.96. The van der Waals surface area contributed by atoms with Crippen molar-refractivity contribution in [3.63, 3.8) is 0 Å². The van der Waals surface area contributed by atoms with E-state index < -0.39 is 5.82 Å². The first-order chi connectivity index (χ1) is 6.13. The molecule has 0 aliphatic rings. The van der Waals surface area contributed by atoms with Crippen LogP contribution in [0, 0.1) is 5.82 Å². The molecule has 0 atom stereocenters. The molecule has 0 fully saturated rings. The fourth-order valence-electron chi connectivity index (χ4n) is 0.966. The molecule has 0 unspecified atom stereocenters. The number of anilines is 2. The predicted molar refractivity (Wildman–Crippen MR) is 50.3 cm³/mol. The second kappa shape index (κ2) is 3.89. The number of amides is 1. The van der Waals surface area contributed by atoms with Crippen LogP contribution in [0.2, 0.25) is 0 Å². The molecule has 1 aromatic carbocycles. The zero-order chi connectivity index (χ0) is 9.84. The first-order valence-corrected chi connectivity index (χ1v) is 3.88. The molecule has 1 aromatic rings.